The molecule has 1 aromatic carbocycles. The monoisotopic (exact) mass is 247 g/mol. The Morgan fingerprint density at radius 1 is 1.22 bits per heavy atom. The lowest BCUT2D eigenvalue weighted by Gasteiger charge is -2.15. The molecule has 0 bridgehead atoms. The number of benzene rings is 1. The maximum Gasteiger partial charge on any atom is 0.196 e. The second-order valence-electron chi connectivity index (χ2n) is 4.18. The van der Waals surface area contributed by atoms with Crippen LogP contribution < -0.4 is 4.90 Å². The van der Waals surface area contributed by atoms with Gasteiger partial charge in [0.2, 0.25) is 0 Å². The summed E-state index contributed by atoms with van der Waals surface area (Å²) in [5.74, 6) is 0.607. The number of ketones is 1. The number of hydrogen-bond donors (Lipinski definition) is 0. The van der Waals surface area contributed by atoms with Crippen LogP contribution >= 0.6 is 0 Å². The van der Waals surface area contributed by atoms with Gasteiger partial charge in [-0.3, -0.25) is 4.79 Å². The minimum Gasteiger partial charge on any atom is -0.437 e. The fraction of sp³-hybridized carbons (Fsp3) is 0.214. The van der Waals surface area contributed by atoms with Gasteiger partial charge in [-0.05, 0) is 23.8 Å². The van der Waals surface area contributed by atoms with Gasteiger partial charge in [0.25, 0.3) is 0 Å². The quantitative estimate of drug-likeness (QED) is 0.777. The predicted molar refractivity (Wildman–Crippen MR) is 67.2 cm³/mol. The molecule has 0 radical (unpaired) electrons. The van der Waals surface area contributed by atoms with Crippen LogP contribution in [0.15, 0.2) is 40.8 Å². The third-order valence-electron chi connectivity index (χ3n) is 2.65. The first kappa shape index (κ1) is 12.4. The molecule has 0 saturated carbocycles. The number of rotatable bonds is 4. The average Bonchev–Trinajstić information content (AvgIpc) is 2.81. The number of furan rings is 1. The van der Waals surface area contributed by atoms with Gasteiger partial charge in [0.05, 0.1) is 0 Å². The molecule has 1 heterocycles. The lowest BCUT2D eigenvalue weighted by molar-refractivity contribution is 0.0988. The van der Waals surface area contributed by atoms with Gasteiger partial charge in [0, 0.05) is 26.6 Å². The number of carbonyl (C=O) groups excluding carboxylic acids is 1. The van der Waals surface area contributed by atoms with E-state index in [-0.39, 0.29) is 11.6 Å². The normalized spacial score (nSPS) is 10.4. The van der Waals surface area contributed by atoms with Crippen LogP contribution in [-0.4, -0.2) is 12.8 Å². The summed E-state index contributed by atoms with van der Waals surface area (Å²) in [4.78, 5) is 13.0. The van der Waals surface area contributed by atoms with Crippen LogP contribution in [0.2, 0.25) is 0 Å². The smallest absolute Gasteiger partial charge is 0.196 e. The van der Waals surface area contributed by atoms with Crippen LogP contribution in [0.3, 0.4) is 0 Å². The second-order valence-corrected chi connectivity index (χ2v) is 4.18. The van der Waals surface area contributed by atoms with Crippen LogP contribution in [-0.2, 0) is 6.54 Å². The Morgan fingerprint density at radius 2 is 1.89 bits per heavy atom. The summed E-state index contributed by atoms with van der Waals surface area (Å²) < 4.78 is 18.2. The molecule has 0 N–H and O–H groups in total. The van der Waals surface area contributed by atoms with Crippen LogP contribution in [0.25, 0.3) is 0 Å². The molecular formula is C14H14FNO2. The maximum atomic E-state index is 12.8. The van der Waals surface area contributed by atoms with E-state index < -0.39 is 0 Å². The predicted octanol–water partition coefficient (Wildman–Crippen LogP) is 3.26. The molecule has 0 fully saturated rings. The van der Waals surface area contributed by atoms with E-state index in [4.69, 9.17) is 4.42 Å². The first-order valence-electron chi connectivity index (χ1n) is 5.62. The molecule has 4 heteroatoms. The second kappa shape index (κ2) is 5.04. The molecule has 2 aromatic rings. The molecule has 0 amide bonds. The summed E-state index contributed by atoms with van der Waals surface area (Å²) in [5, 5.41) is 0. The molecule has 0 unspecified atom stereocenters. The fourth-order valence-corrected chi connectivity index (χ4v) is 1.66. The number of hydrogen-bond acceptors (Lipinski definition) is 3. The highest BCUT2D eigenvalue weighted by atomic mass is 19.1. The van der Waals surface area contributed by atoms with E-state index in [9.17, 15) is 9.18 Å². The van der Waals surface area contributed by atoms with Crippen molar-refractivity contribution >= 4 is 11.7 Å². The van der Waals surface area contributed by atoms with Crippen molar-refractivity contribution in [1.29, 1.82) is 0 Å². The van der Waals surface area contributed by atoms with Crippen LogP contribution in [0.1, 0.15) is 23.0 Å². The lowest BCUT2D eigenvalue weighted by Crippen LogP contribution is -2.15. The third kappa shape index (κ3) is 2.77. The largest absolute Gasteiger partial charge is 0.437 e. The van der Waals surface area contributed by atoms with Crippen molar-refractivity contribution in [2.24, 2.45) is 0 Å². The highest BCUT2D eigenvalue weighted by Gasteiger charge is 2.10. The van der Waals surface area contributed by atoms with Crippen molar-refractivity contribution in [3.63, 3.8) is 0 Å². The number of anilines is 1. The van der Waals surface area contributed by atoms with Crippen molar-refractivity contribution in [3.8, 4) is 0 Å². The summed E-state index contributed by atoms with van der Waals surface area (Å²) in [6.45, 7) is 2.05. The molecule has 0 aliphatic carbocycles. The molecule has 2 rings (SSSR count). The SMILES string of the molecule is CC(=O)c1ccc(N(C)Cc2ccc(F)cc2)o1. The van der Waals surface area contributed by atoms with Gasteiger partial charge in [0.1, 0.15) is 5.82 Å². The van der Waals surface area contributed by atoms with Crippen molar-refractivity contribution < 1.29 is 13.6 Å². The van der Waals surface area contributed by atoms with E-state index in [2.05, 4.69) is 0 Å². The van der Waals surface area contributed by atoms with Gasteiger partial charge >= 0.3 is 0 Å². The van der Waals surface area contributed by atoms with Gasteiger partial charge in [-0.25, -0.2) is 4.39 Å². The highest BCUT2D eigenvalue weighted by Crippen LogP contribution is 2.19. The van der Waals surface area contributed by atoms with Crippen molar-refractivity contribution in [1.82, 2.24) is 0 Å². The first-order valence-corrected chi connectivity index (χ1v) is 5.62. The van der Waals surface area contributed by atoms with Crippen LogP contribution in [0.4, 0.5) is 10.3 Å². The Bertz CT molecular complexity index is 545. The van der Waals surface area contributed by atoms with Gasteiger partial charge in [-0.15, -0.1) is 0 Å². The van der Waals surface area contributed by atoms with Gasteiger partial charge < -0.3 is 9.32 Å². The Morgan fingerprint density at radius 3 is 2.44 bits per heavy atom. The topological polar surface area (TPSA) is 33.5 Å². The molecule has 0 atom stereocenters. The minimum atomic E-state index is -0.252. The molecule has 0 saturated heterocycles. The first-order chi connectivity index (χ1) is 8.56. The average molecular weight is 247 g/mol. The molecule has 1 aromatic heterocycles. The summed E-state index contributed by atoms with van der Waals surface area (Å²) in [6.07, 6.45) is 0. The van der Waals surface area contributed by atoms with Crippen molar-refractivity contribution in [3.05, 3.63) is 53.5 Å². The van der Waals surface area contributed by atoms with E-state index >= 15 is 0 Å². The maximum absolute atomic E-state index is 12.8. The molecular weight excluding hydrogens is 233 g/mol. The lowest BCUT2D eigenvalue weighted by atomic mass is 10.2. The molecule has 0 spiro atoms. The summed E-state index contributed by atoms with van der Waals surface area (Å²) in [6, 6.07) is 9.69. The van der Waals surface area contributed by atoms with Gasteiger partial charge in [-0.2, -0.15) is 0 Å². The van der Waals surface area contributed by atoms with E-state index in [1.807, 2.05) is 11.9 Å². The standard InChI is InChI=1S/C14H14FNO2/c1-10(17)13-7-8-14(18-13)16(2)9-11-3-5-12(15)6-4-11/h3-8H,9H2,1-2H3. The molecule has 0 aliphatic rings. The van der Waals surface area contributed by atoms with E-state index in [1.165, 1.54) is 19.1 Å². The number of nitrogens with zero attached hydrogens (tertiary/aromatic N) is 1. The zero-order valence-electron chi connectivity index (χ0n) is 10.3. The zero-order chi connectivity index (χ0) is 13.1. The molecule has 3 nitrogen and oxygen atoms in total. The van der Waals surface area contributed by atoms with Gasteiger partial charge in [-0.1, -0.05) is 12.1 Å². The summed E-state index contributed by atoms with van der Waals surface area (Å²) in [5.41, 5.74) is 0.972. The Kier molecular flexibility index (Phi) is 3.46. The zero-order valence-corrected chi connectivity index (χ0v) is 10.3. The molecule has 18 heavy (non-hydrogen) atoms. The van der Waals surface area contributed by atoms with E-state index in [0.29, 0.717) is 18.2 Å². The van der Waals surface area contributed by atoms with Crippen molar-refractivity contribution in [2.75, 3.05) is 11.9 Å². The minimum absolute atomic E-state index is 0.101. The highest BCUT2D eigenvalue weighted by molar-refractivity contribution is 5.91. The third-order valence-corrected chi connectivity index (χ3v) is 2.65. The van der Waals surface area contributed by atoms with E-state index in [1.54, 1.807) is 24.3 Å². The molecule has 94 valence electrons. The number of Topliss-reactive ketones (excluding diaryl/α,β-unsaturated/α-hetero) is 1. The summed E-state index contributed by atoms with van der Waals surface area (Å²) in [7, 11) is 1.85. The fourth-order valence-electron chi connectivity index (χ4n) is 1.66. The van der Waals surface area contributed by atoms with Crippen molar-refractivity contribution in [2.45, 2.75) is 13.5 Å². The number of carbonyl (C=O) groups is 1. The number of halogens is 1. The Balaban J connectivity index is 2.09. The van der Waals surface area contributed by atoms with E-state index in [0.717, 1.165) is 5.56 Å². The van der Waals surface area contributed by atoms with Crippen LogP contribution in [0.5, 0.6) is 0 Å². The Hall–Kier alpha value is -2.10. The molecule has 0 aliphatic heterocycles. The Labute approximate surface area is 105 Å². The van der Waals surface area contributed by atoms with Crippen LogP contribution in [0, 0.1) is 5.82 Å². The van der Waals surface area contributed by atoms with Gasteiger partial charge in [0.15, 0.2) is 17.4 Å². The summed E-state index contributed by atoms with van der Waals surface area (Å²) >= 11 is 0.